The molecule has 0 aliphatic carbocycles. The van der Waals surface area contributed by atoms with Gasteiger partial charge >= 0.3 is 8.25 Å². The van der Waals surface area contributed by atoms with Gasteiger partial charge in [0, 0.05) is 40.8 Å². The van der Waals surface area contributed by atoms with Crippen LogP contribution in [0.25, 0.3) is 11.1 Å². The quantitative estimate of drug-likeness (QED) is 0.835. The summed E-state index contributed by atoms with van der Waals surface area (Å²) in [6.45, 7) is 0. The topological polar surface area (TPSA) is 46.5 Å². The predicted octanol–water partition coefficient (Wildman–Crippen LogP) is 3.11. The molecule has 2 aromatic rings. The molecule has 0 aromatic heterocycles. The van der Waals surface area contributed by atoms with E-state index in [1.807, 2.05) is 42.5 Å². The Kier molecular flexibility index (Phi) is 6.34. The molecule has 2 rings (SSSR count). The maximum atomic E-state index is 10.5. The normalized spacial score (nSPS) is 11.4. The third-order valence-electron chi connectivity index (χ3n) is 2.17. The average molecular weight is 378 g/mol. The van der Waals surface area contributed by atoms with Gasteiger partial charge in [0.1, 0.15) is 5.75 Å². The van der Waals surface area contributed by atoms with Crippen molar-refractivity contribution in [3.8, 4) is 16.9 Å². The Hall–Kier alpha value is -0.219. The van der Waals surface area contributed by atoms with Gasteiger partial charge < -0.3 is 9.42 Å². The van der Waals surface area contributed by atoms with Gasteiger partial charge in [-0.2, -0.15) is 0 Å². The first-order valence-electron chi connectivity index (χ1n) is 4.82. The van der Waals surface area contributed by atoms with Crippen molar-refractivity contribution in [2.45, 2.75) is 0 Å². The van der Waals surface area contributed by atoms with Crippen LogP contribution < -0.4 is 4.52 Å². The van der Waals surface area contributed by atoms with E-state index in [1.54, 1.807) is 12.1 Å². The monoisotopic (exact) mass is 376 g/mol. The number of benzene rings is 2. The summed E-state index contributed by atoms with van der Waals surface area (Å²) >= 11 is 0. The van der Waals surface area contributed by atoms with Crippen molar-refractivity contribution in [2.24, 2.45) is 0 Å². The van der Waals surface area contributed by atoms with Crippen LogP contribution in [0.15, 0.2) is 54.6 Å². The molecule has 17 heavy (non-hydrogen) atoms. The average Bonchev–Trinajstić information content (AvgIpc) is 2.30. The molecule has 2 aromatic carbocycles. The molecule has 1 N–H and O–H groups in total. The van der Waals surface area contributed by atoms with Gasteiger partial charge in [0.15, 0.2) is 0 Å². The van der Waals surface area contributed by atoms with Crippen LogP contribution in [-0.4, -0.2) is 4.89 Å². The Balaban J connectivity index is 0.00000144. The fraction of sp³-hybridized carbons (Fsp3) is 0. The van der Waals surface area contributed by atoms with E-state index < -0.39 is 8.25 Å². The second kappa shape index (κ2) is 7.27. The Morgan fingerprint density at radius 1 is 0.882 bits per heavy atom. The van der Waals surface area contributed by atoms with Gasteiger partial charge in [-0.1, -0.05) is 42.5 Å². The predicted molar refractivity (Wildman–Crippen MR) is 63.7 cm³/mol. The standard InChI is InChI=1S/C12H11O3P.Nd/c13-16(14)15-12-8-6-11(7-9-12)10-4-2-1-3-5-10;/h1-9,16H,(H,13,14);. The maximum absolute atomic E-state index is 10.5. The Morgan fingerprint density at radius 3 is 1.94 bits per heavy atom. The molecule has 1 atom stereocenters. The molecule has 86 valence electrons. The zero-order chi connectivity index (χ0) is 11.4. The third-order valence-corrected chi connectivity index (χ3v) is 2.58. The van der Waals surface area contributed by atoms with Gasteiger partial charge in [-0.05, 0) is 23.3 Å². The van der Waals surface area contributed by atoms with Crippen molar-refractivity contribution in [1.29, 1.82) is 0 Å². The maximum Gasteiger partial charge on any atom is 0.365 e. The van der Waals surface area contributed by atoms with Gasteiger partial charge in [-0.25, -0.2) is 4.57 Å². The number of hydrogen-bond donors (Lipinski definition) is 1. The van der Waals surface area contributed by atoms with Gasteiger partial charge in [-0.3, -0.25) is 0 Å². The van der Waals surface area contributed by atoms with E-state index in [0.717, 1.165) is 11.1 Å². The summed E-state index contributed by atoms with van der Waals surface area (Å²) < 4.78 is 15.2. The molecule has 0 radical (unpaired) electrons. The van der Waals surface area contributed by atoms with E-state index in [1.165, 1.54) is 0 Å². The summed E-state index contributed by atoms with van der Waals surface area (Å²) in [6, 6.07) is 17.0. The minimum absolute atomic E-state index is 0. The van der Waals surface area contributed by atoms with Crippen LogP contribution in [0.1, 0.15) is 0 Å². The van der Waals surface area contributed by atoms with Crippen LogP contribution in [0.4, 0.5) is 0 Å². The van der Waals surface area contributed by atoms with E-state index in [0.29, 0.717) is 5.75 Å². The summed E-state index contributed by atoms with van der Waals surface area (Å²) in [6.07, 6.45) is 0. The van der Waals surface area contributed by atoms with E-state index in [4.69, 9.17) is 9.42 Å². The van der Waals surface area contributed by atoms with Gasteiger partial charge in [-0.15, -0.1) is 0 Å². The Morgan fingerprint density at radius 2 is 1.41 bits per heavy atom. The van der Waals surface area contributed by atoms with Crippen molar-refractivity contribution >= 4 is 8.25 Å². The molecule has 1 unspecified atom stereocenters. The molecule has 0 fully saturated rings. The largest absolute Gasteiger partial charge is 0.426 e. The molecule has 3 nitrogen and oxygen atoms in total. The van der Waals surface area contributed by atoms with Crippen LogP contribution in [-0.2, 0) is 4.57 Å². The van der Waals surface area contributed by atoms with Gasteiger partial charge in [0.25, 0.3) is 0 Å². The molecule has 0 spiro atoms. The fourth-order valence-electron chi connectivity index (χ4n) is 1.45. The first kappa shape index (κ1) is 14.8. The fourth-order valence-corrected chi connectivity index (χ4v) is 1.78. The SMILES string of the molecule is O=[PH](O)Oc1ccc(-c2ccccc2)cc1.[Nd]. The zero-order valence-corrected chi connectivity index (χ0v) is 13.2. The Bertz CT molecular complexity index is 485. The summed E-state index contributed by atoms with van der Waals surface area (Å²) in [5, 5.41) is 0. The molecule has 0 amide bonds. The molecule has 5 heteroatoms. The molecular formula is C12H11NdO3P. The van der Waals surface area contributed by atoms with Crippen molar-refractivity contribution in [3.05, 3.63) is 54.6 Å². The molecule has 0 heterocycles. The minimum atomic E-state index is -2.91. The van der Waals surface area contributed by atoms with Gasteiger partial charge in [0.2, 0.25) is 0 Å². The van der Waals surface area contributed by atoms with E-state index in [9.17, 15) is 4.57 Å². The first-order valence-corrected chi connectivity index (χ1v) is 6.08. The summed E-state index contributed by atoms with van der Waals surface area (Å²) in [5.41, 5.74) is 2.15. The molecule has 0 saturated heterocycles. The van der Waals surface area contributed by atoms with Gasteiger partial charge in [0.05, 0.1) is 0 Å². The third kappa shape index (κ3) is 4.51. The van der Waals surface area contributed by atoms with Crippen LogP contribution >= 0.6 is 8.25 Å². The smallest absolute Gasteiger partial charge is 0.365 e. The summed E-state index contributed by atoms with van der Waals surface area (Å²) in [4.78, 5) is 8.62. The van der Waals surface area contributed by atoms with Crippen LogP contribution in [0, 0.1) is 40.8 Å². The number of rotatable bonds is 3. The molecular weight excluding hydrogens is 367 g/mol. The van der Waals surface area contributed by atoms with Crippen LogP contribution in [0.2, 0.25) is 0 Å². The summed E-state index contributed by atoms with van der Waals surface area (Å²) in [5.74, 6) is 0.408. The van der Waals surface area contributed by atoms with Crippen LogP contribution in [0.3, 0.4) is 0 Å². The zero-order valence-electron chi connectivity index (χ0n) is 8.96. The van der Waals surface area contributed by atoms with Crippen LogP contribution in [0.5, 0.6) is 5.75 Å². The first-order chi connectivity index (χ1) is 7.75. The van der Waals surface area contributed by atoms with E-state index in [2.05, 4.69) is 0 Å². The van der Waals surface area contributed by atoms with Crippen molar-refractivity contribution in [2.75, 3.05) is 0 Å². The molecule has 0 saturated carbocycles. The minimum Gasteiger partial charge on any atom is -0.426 e. The number of hydrogen-bond acceptors (Lipinski definition) is 2. The van der Waals surface area contributed by atoms with Crippen molar-refractivity contribution < 1.29 is 54.8 Å². The van der Waals surface area contributed by atoms with Crippen molar-refractivity contribution in [1.82, 2.24) is 0 Å². The molecule has 0 aliphatic heterocycles. The molecule has 0 aliphatic rings. The Labute approximate surface area is 133 Å². The second-order valence-electron chi connectivity index (χ2n) is 3.26. The summed E-state index contributed by atoms with van der Waals surface area (Å²) in [7, 11) is -2.91. The van der Waals surface area contributed by atoms with E-state index >= 15 is 0 Å². The molecule has 0 bridgehead atoms. The van der Waals surface area contributed by atoms with E-state index in [-0.39, 0.29) is 40.8 Å². The second-order valence-corrected chi connectivity index (χ2v) is 3.99. The van der Waals surface area contributed by atoms with Crippen molar-refractivity contribution in [3.63, 3.8) is 0 Å².